The lowest BCUT2D eigenvalue weighted by molar-refractivity contribution is -0.384. The molecule has 0 radical (unpaired) electrons. The van der Waals surface area contributed by atoms with Gasteiger partial charge < -0.3 is 18.9 Å². The van der Waals surface area contributed by atoms with Gasteiger partial charge in [0.25, 0.3) is 5.69 Å². The number of rotatable bonds is 9. The molecule has 0 spiro atoms. The number of benzene rings is 1. The molecule has 0 amide bonds. The summed E-state index contributed by atoms with van der Waals surface area (Å²) in [6, 6.07) is 5.01. The van der Waals surface area contributed by atoms with Crippen molar-refractivity contribution in [2.75, 3.05) is 6.61 Å². The third kappa shape index (κ3) is 6.19. The van der Waals surface area contributed by atoms with Gasteiger partial charge in [0.2, 0.25) is 5.88 Å². The van der Waals surface area contributed by atoms with Gasteiger partial charge in [-0.15, -0.1) is 5.10 Å². The van der Waals surface area contributed by atoms with Crippen LogP contribution in [0.25, 0.3) is 11.4 Å². The summed E-state index contributed by atoms with van der Waals surface area (Å²) in [7, 11) is 1.63. The minimum Gasteiger partial charge on any atom is -0.473 e. The molecule has 14 heteroatoms. The predicted molar refractivity (Wildman–Crippen MR) is 129 cm³/mol. The van der Waals surface area contributed by atoms with Gasteiger partial charge in [-0.05, 0) is 45.2 Å². The van der Waals surface area contributed by atoms with Gasteiger partial charge in [-0.3, -0.25) is 14.9 Å². The van der Waals surface area contributed by atoms with Crippen LogP contribution >= 0.6 is 0 Å². The van der Waals surface area contributed by atoms with Crippen molar-refractivity contribution in [3.63, 3.8) is 0 Å². The summed E-state index contributed by atoms with van der Waals surface area (Å²) >= 11 is 0. The third-order valence-electron chi connectivity index (χ3n) is 5.95. The number of hydrogen-bond acceptors (Lipinski definition) is 12. The molecule has 0 bridgehead atoms. The second kappa shape index (κ2) is 11.6. The molecule has 1 aromatic carbocycles. The molecule has 1 fully saturated rings. The van der Waals surface area contributed by atoms with Crippen molar-refractivity contribution >= 4 is 17.8 Å². The smallest absolute Gasteiger partial charge is 0.473 e. The van der Waals surface area contributed by atoms with Crippen LogP contribution in [-0.4, -0.2) is 54.7 Å². The van der Waals surface area contributed by atoms with Crippen molar-refractivity contribution < 1.29 is 33.5 Å². The van der Waals surface area contributed by atoms with E-state index in [4.69, 9.17) is 18.9 Å². The van der Waals surface area contributed by atoms with E-state index < -0.39 is 11.1 Å². The Morgan fingerprint density at radius 1 is 1.18 bits per heavy atom. The van der Waals surface area contributed by atoms with Gasteiger partial charge in [-0.1, -0.05) is 5.21 Å². The summed E-state index contributed by atoms with van der Waals surface area (Å²) in [5.41, 5.74) is 1.61. The molecule has 1 saturated carbocycles. The maximum atomic E-state index is 12.1. The largest absolute Gasteiger partial charge is 0.514 e. The molecule has 2 heterocycles. The van der Waals surface area contributed by atoms with Crippen LogP contribution < -0.4 is 9.47 Å². The van der Waals surface area contributed by atoms with Gasteiger partial charge in [0.15, 0.2) is 0 Å². The number of nitro benzene ring substituents is 1. The highest BCUT2D eigenvalue weighted by Crippen LogP contribution is 2.31. The lowest BCUT2D eigenvalue weighted by Gasteiger charge is -2.15. The lowest BCUT2D eigenvalue weighted by Crippen LogP contribution is -2.19. The summed E-state index contributed by atoms with van der Waals surface area (Å²) in [6.07, 6.45) is 2.30. The fraction of sp³-hybridized carbons (Fsp3) is 0.417. The van der Waals surface area contributed by atoms with E-state index in [0.717, 1.165) is 0 Å². The fourth-order valence-corrected chi connectivity index (χ4v) is 4.01. The highest BCUT2D eigenvalue weighted by molar-refractivity contribution is 5.72. The van der Waals surface area contributed by atoms with Gasteiger partial charge in [-0.2, -0.15) is 0 Å². The molecule has 200 valence electrons. The molecule has 0 saturated heterocycles. The van der Waals surface area contributed by atoms with E-state index in [-0.39, 0.29) is 36.0 Å². The minimum atomic E-state index is -1.00. The molecule has 1 aliphatic rings. The Balaban J connectivity index is 1.38. The average Bonchev–Trinajstić information content (AvgIpc) is 3.51. The first-order valence-electron chi connectivity index (χ1n) is 11.9. The Morgan fingerprint density at radius 2 is 1.95 bits per heavy atom. The van der Waals surface area contributed by atoms with Crippen molar-refractivity contribution in [1.29, 1.82) is 0 Å². The van der Waals surface area contributed by atoms with Crippen LogP contribution in [0.15, 0.2) is 30.5 Å². The number of nitrogens with zero attached hydrogens (tertiary/aromatic N) is 6. The molecular weight excluding hydrogens is 500 g/mol. The van der Waals surface area contributed by atoms with Crippen LogP contribution in [0, 0.1) is 23.0 Å². The van der Waals surface area contributed by atoms with Crippen molar-refractivity contribution in [1.82, 2.24) is 25.0 Å². The molecule has 2 atom stereocenters. The predicted octanol–water partition coefficient (Wildman–Crippen LogP) is 3.31. The average molecular weight is 527 g/mol. The van der Waals surface area contributed by atoms with Crippen LogP contribution in [0.4, 0.5) is 10.5 Å². The Hall–Kier alpha value is -4.62. The van der Waals surface area contributed by atoms with Crippen LogP contribution in [-0.2, 0) is 27.9 Å². The fourth-order valence-electron chi connectivity index (χ4n) is 4.01. The van der Waals surface area contributed by atoms with E-state index in [1.807, 2.05) is 0 Å². The van der Waals surface area contributed by atoms with E-state index in [1.54, 1.807) is 20.9 Å². The highest BCUT2D eigenvalue weighted by atomic mass is 16.7. The number of non-ortho nitro benzene ring substituents is 1. The Bertz CT molecular complexity index is 1330. The van der Waals surface area contributed by atoms with Gasteiger partial charge >= 0.3 is 12.1 Å². The van der Waals surface area contributed by atoms with E-state index in [9.17, 15) is 19.7 Å². The molecule has 14 nitrogen and oxygen atoms in total. The standard InChI is InChI=1S/C24H26N6O8/c1-4-35-23(31)15-5-8-18(11-15)37-22-14(2)26-19(12-25-22)21-20(29(3)28-27-21)13-36-24(32)38-17-9-6-16(7-10-17)30(33)34/h6-7,9-10,12,15,18H,4-5,8,11,13H2,1-3H3. The van der Waals surface area contributed by atoms with Crippen molar-refractivity contribution in [2.45, 2.75) is 45.8 Å². The van der Waals surface area contributed by atoms with Crippen molar-refractivity contribution in [3.05, 3.63) is 52.0 Å². The first-order chi connectivity index (χ1) is 18.2. The van der Waals surface area contributed by atoms with E-state index >= 15 is 0 Å². The topological polar surface area (TPSA) is 171 Å². The second-order valence-electron chi connectivity index (χ2n) is 8.55. The first kappa shape index (κ1) is 26.4. The van der Waals surface area contributed by atoms with Gasteiger partial charge in [0, 0.05) is 19.2 Å². The molecular formula is C24H26N6O8. The zero-order valence-corrected chi connectivity index (χ0v) is 21.0. The molecule has 0 N–H and O–H groups in total. The van der Waals surface area contributed by atoms with Gasteiger partial charge in [0.1, 0.15) is 41.2 Å². The quantitative estimate of drug-likeness (QED) is 0.173. The van der Waals surface area contributed by atoms with Crippen LogP contribution in [0.1, 0.15) is 37.6 Å². The number of carbonyl (C=O) groups excluding carboxylic acids is 2. The number of ether oxygens (including phenoxy) is 4. The number of hydrogen-bond donors (Lipinski definition) is 0. The summed E-state index contributed by atoms with van der Waals surface area (Å²) in [4.78, 5) is 43.2. The SMILES string of the molecule is CCOC(=O)C1CCC(Oc2ncc(-c3nnn(C)c3COC(=O)Oc3ccc([N+](=O)[O-])cc3)nc2C)C1. The molecule has 2 aromatic heterocycles. The van der Waals surface area contributed by atoms with E-state index in [2.05, 4.69) is 20.3 Å². The van der Waals surface area contributed by atoms with Gasteiger partial charge in [0.05, 0.1) is 23.6 Å². The number of aromatic nitrogens is 5. The van der Waals surface area contributed by atoms with Crippen LogP contribution in [0.3, 0.4) is 0 Å². The number of aryl methyl sites for hydroxylation is 2. The van der Waals surface area contributed by atoms with Gasteiger partial charge in [-0.25, -0.2) is 19.4 Å². The summed E-state index contributed by atoms with van der Waals surface area (Å²) in [5, 5.41) is 18.8. The van der Waals surface area contributed by atoms with E-state index in [1.165, 1.54) is 35.1 Å². The zero-order chi connectivity index (χ0) is 27.2. The van der Waals surface area contributed by atoms with Crippen molar-refractivity contribution in [2.24, 2.45) is 13.0 Å². The number of carbonyl (C=O) groups is 2. The molecule has 2 unspecified atom stereocenters. The van der Waals surface area contributed by atoms with Crippen molar-refractivity contribution in [3.8, 4) is 23.0 Å². The van der Waals surface area contributed by atoms with Crippen LogP contribution in [0.2, 0.25) is 0 Å². The summed E-state index contributed by atoms with van der Waals surface area (Å²) < 4.78 is 22.8. The van der Waals surface area contributed by atoms with Crippen LogP contribution in [0.5, 0.6) is 11.6 Å². The maximum Gasteiger partial charge on any atom is 0.514 e. The molecule has 0 aliphatic heterocycles. The highest BCUT2D eigenvalue weighted by Gasteiger charge is 2.33. The number of esters is 1. The Kier molecular flexibility index (Phi) is 8.09. The number of nitro groups is 1. The Labute approximate surface area is 217 Å². The monoisotopic (exact) mass is 526 g/mol. The minimum absolute atomic E-state index is 0.0943. The first-order valence-corrected chi connectivity index (χ1v) is 11.9. The maximum absolute atomic E-state index is 12.1. The normalized spacial score (nSPS) is 16.6. The molecule has 3 aromatic rings. The molecule has 4 rings (SSSR count). The molecule has 1 aliphatic carbocycles. The molecule has 38 heavy (non-hydrogen) atoms. The Morgan fingerprint density at radius 3 is 2.63 bits per heavy atom. The van der Waals surface area contributed by atoms with E-state index in [0.29, 0.717) is 54.5 Å². The lowest BCUT2D eigenvalue weighted by atomic mass is 10.1. The third-order valence-corrected chi connectivity index (χ3v) is 5.95. The summed E-state index contributed by atoms with van der Waals surface area (Å²) in [5.74, 6) is 0.0704. The zero-order valence-electron chi connectivity index (χ0n) is 21.0. The second-order valence-corrected chi connectivity index (χ2v) is 8.55. The summed E-state index contributed by atoms with van der Waals surface area (Å²) in [6.45, 7) is 3.66.